The predicted molar refractivity (Wildman–Crippen MR) is 30.4 cm³/mol. The van der Waals surface area contributed by atoms with Crippen molar-refractivity contribution < 1.29 is 9.59 Å². The zero-order valence-electron chi connectivity index (χ0n) is 4.91. The van der Waals surface area contributed by atoms with Crippen molar-refractivity contribution in [3.8, 4) is 0 Å². The smallest absolute Gasteiger partial charge is 0.240 e. The highest BCUT2D eigenvalue weighted by Crippen LogP contribution is 2.12. The number of primary amides is 1. The molecule has 1 fully saturated rings. The zero-order valence-corrected chi connectivity index (χ0v) is 4.91. The minimum atomic E-state index is -0.409. The summed E-state index contributed by atoms with van der Waals surface area (Å²) in [6.07, 6.45) is 1.37. The van der Waals surface area contributed by atoms with Gasteiger partial charge in [-0.3, -0.25) is 9.59 Å². The van der Waals surface area contributed by atoms with E-state index in [0.29, 0.717) is 19.4 Å². The molecule has 0 saturated carbocycles. The molecule has 1 aliphatic rings. The molecule has 1 unspecified atom stereocenters. The SMILES string of the molecule is NC(=O)C1CCN1C=O. The second kappa shape index (κ2) is 2.05. The molecule has 2 N–H and O–H groups in total. The van der Waals surface area contributed by atoms with E-state index in [0.717, 1.165) is 0 Å². The molecule has 0 spiro atoms. The lowest BCUT2D eigenvalue weighted by Gasteiger charge is -2.35. The third-order valence-electron chi connectivity index (χ3n) is 1.52. The van der Waals surface area contributed by atoms with Crippen LogP contribution >= 0.6 is 0 Å². The van der Waals surface area contributed by atoms with Crippen LogP contribution in [-0.4, -0.2) is 29.8 Å². The first-order valence-electron chi connectivity index (χ1n) is 2.76. The summed E-state index contributed by atoms with van der Waals surface area (Å²) in [5, 5.41) is 0. The monoisotopic (exact) mass is 128 g/mol. The molecule has 1 atom stereocenters. The highest BCUT2D eigenvalue weighted by atomic mass is 16.2. The van der Waals surface area contributed by atoms with Gasteiger partial charge in [0.05, 0.1) is 0 Å². The molecule has 1 heterocycles. The fourth-order valence-corrected chi connectivity index (χ4v) is 0.839. The molecule has 0 aromatic heterocycles. The predicted octanol–water partition coefficient (Wildman–Crippen LogP) is -1.30. The molecule has 0 bridgehead atoms. The Bertz CT molecular complexity index is 146. The zero-order chi connectivity index (χ0) is 6.85. The molecule has 4 nitrogen and oxygen atoms in total. The van der Waals surface area contributed by atoms with Crippen molar-refractivity contribution in [2.24, 2.45) is 5.73 Å². The van der Waals surface area contributed by atoms with Crippen molar-refractivity contribution in [3.63, 3.8) is 0 Å². The molecule has 9 heavy (non-hydrogen) atoms. The van der Waals surface area contributed by atoms with Gasteiger partial charge in [-0.15, -0.1) is 0 Å². The summed E-state index contributed by atoms with van der Waals surface area (Å²) in [5.41, 5.74) is 4.92. The molecule has 0 aromatic carbocycles. The van der Waals surface area contributed by atoms with Crippen LogP contribution in [0.15, 0.2) is 0 Å². The summed E-state index contributed by atoms with van der Waals surface area (Å²) in [6, 6.07) is -0.331. The van der Waals surface area contributed by atoms with Gasteiger partial charge in [0.1, 0.15) is 6.04 Å². The lowest BCUT2D eigenvalue weighted by Crippen LogP contribution is -2.53. The van der Waals surface area contributed by atoms with Gasteiger partial charge >= 0.3 is 0 Å². The van der Waals surface area contributed by atoms with Crippen LogP contribution in [0.3, 0.4) is 0 Å². The molecule has 4 heteroatoms. The van der Waals surface area contributed by atoms with Gasteiger partial charge in [-0.25, -0.2) is 0 Å². The van der Waals surface area contributed by atoms with E-state index in [2.05, 4.69) is 0 Å². The number of hydrogen-bond acceptors (Lipinski definition) is 2. The first kappa shape index (κ1) is 6.07. The highest BCUT2D eigenvalue weighted by molar-refractivity contribution is 5.83. The van der Waals surface area contributed by atoms with Gasteiger partial charge in [0.25, 0.3) is 0 Å². The quantitative estimate of drug-likeness (QED) is 0.470. The van der Waals surface area contributed by atoms with Gasteiger partial charge in [0, 0.05) is 6.54 Å². The van der Waals surface area contributed by atoms with Crippen LogP contribution in [0, 0.1) is 0 Å². The average Bonchev–Trinajstić information content (AvgIpc) is 1.61. The summed E-state index contributed by atoms with van der Waals surface area (Å²) in [7, 11) is 0. The number of nitrogens with zero attached hydrogens (tertiary/aromatic N) is 1. The summed E-state index contributed by atoms with van der Waals surface area (Å²) in [5.74, 6) is -0.409. The van der Waals surface area contributed by atoms with E-state index in [1.54, 1.807) is 0 Å². The maximum absolute atomic E-state index is 10.4. The minimum absolute atomic E-state index is 0.331. The molecule has 1 rings (SSSR count). The highest BCUT2D eigenvalue weighted by Gasteiger charge is 2.30. The Balaban J connectivity index is 2.44. The van der Waals surface area contributed by atoms with Gasteiger partial charge in [-0.05, 0) is 6.42 Å². The largest absolute Gasteiger partial charge is 0.368 e. The van der Waals surface area contributed by atoms with Crippen LogP contribution in [0.5, 0.6) is 0 Å². The molecule has 1 aliphatic heterocycles. The number of carbonyl (C=O) groups excluding carboxylic acids is 2. The Kier molecular flexibility index (Phi) is 1.38. The van der Waals surface area contributed by atoms with E-state index in [4.69, 9.17) is 5.73 Å². The van der Waals surface area contributed by atoms with E-state index in [1.807, 2.05) is 0 Å². The van der Waals surface area contributed by atoms with Crippen molar-refractivity contribution in [3.05, 3.63) is 0 Å². The van der Waals surface area contributed by atoms with Gasteiger partial charge in [0.15, 0.2) is 0 Å². The van der Waals surface area contributed by atoms with Crippen LogP contribution in [0.2, 0.25) is 0 Å². The number of carbonyl (C=O) groups is 2. The summed E-state index contributed by atoms with van der Waals surface area (Å²) in [4.78, 5) is 21.8. The second-order valence-corrected chi connectivity index (χ2v) is 2.05. The molecular formula is C5H8N2O2. The van der Waals surface area contributed by atoms with E-state index >= 15 is 0 Å². The van der Waals surface area contributed by atoms with Crippen molar-refractivity contribution in [2.75, 3.05) is 6.54 Å². The van der Waals surface area contributed by atoms with E-state index in [9.17, 15) is 9.59 Å². The van der Waals surface area contributed by atoms with Gasteiger partial charge < -0.3 is 10.6 Å². The molecule has 1 saturated heterocycles. The van der Waals surface area contributed by atoms with Gasteiger partial charge in [-0.2, -0.15) is 0 Å². The van der Waals surface area contributed by atoms with E-state index in [1.165, 1.54) is 4.90 Å². The number of rotatable bonds is 2. The summed E-state index contributed by atoms with van der Waals surface area (Å²) < 4.78 is 0. The topological polar surface area (TPSA) is 63.4 Å². The van der Waals surface area contributed by atoms with E-state index in [-0.39, 0.29) is 6.04 Å². The molecule has 0 radical (unpaired) electrons. The maximum atomic E-state index is 10.4. The fraction of sp³-hybridized carbons (Fsp3) is 0.600. The van der Waals surface area contributed by atoms with Gasteiger partial charge in [-0.1, -0.05) is 0 Å². The Hall–Kier alpha value is -1.06. The van der Waals surface area contributed by atoms with Crippen molar-refractivity contribution >= 4 is 12.3 Å². The van der Waals surface area contributed by atoms with Crippen LogP contribution in [0.1, 0.15) is 6.42 Å². The Labute approximate surface area is 52.6 Å². The van der Waals surface area contributed by atoms with Gasteiger partial charge in [0.2, 0.25) is 12.3 Å². The first-order valence-corrected chi connectivity index (χ1v) is 2.76. The van der Waals surface area contributed by atoms with Crippen LogP contribution < -0.4 is 5.73 Å². The number of nitrogens with two attached hydrogens (primary N) is 1. The van der Waals surface area contributed by atoms with Crippen molar-refractivity contribution in [1.82, 2.24) is 4.90 Å². The maximum Gasteiger partial charge on any atom is 0.240 e. The lowest BCUT2D eigenvalue weighted by molar-refractivity contribution is -0.136. The third-order valence-corrected chi connectivity index (χ3v) is 1.52. The van der Waals surface area contributed by atoms with Crippen LogP contribution in [-0.2, 0) is 9.59 Å². The third kappa shape index (κ3) is 0.872. The van der Waals surface area contributed by atoms with Crippen molar-refractivity contribution in [2.45, 2.75) is 12.5 Å². The molecular weight excluding hydrogens is 120 g/mol. The molecule has 2 amide bonds. The molecule has 0 aliphatic carbocycles. The van der Waals surface area contributed by atoms with Crippen LogP contribution in [0.25, 0.3) is 0 Å². The summed E-state index contributed by atoms with van der Waals surface area (Å²) >= 11 is 0. The Morgan fingerprint density at radius 2 is 2.44 bits per heavy atom. The Morgan fingerprint density at radius 3 is 2.56 bits per heavy atom. The minimum Gasteiger partial charge on any atom is -0.368 e. The van der Waals surface area contributed by atoms with Crippen LogP contribution in [0.4, 0.5) is 0 Å². The number of amides is 2. The number of hydrogen-bond donors (Lipinski definition) is 1. The second-order valence-electron chi connectivity index (χ2n) is 2.05. The average molecular weight is 128 g/mol. The standard InChI is InChI=1S/C5H8N2O2/c6-5(9)4-1-2-7(4)3-8/h3-4H,1-2H2,(H2,6,9). The lowest BCUT2D eigenvalue weighted by atomic mass is 10.0. The molecule has 0 aromatic rings. The van der Waals surface area contributed by atoms with E-state index < -0.39 is 5.91 Å². The fourth-order valence-electron chi connectivity index (χ4n) is 0.839. The normalized spacial score (nSPS) is 24.9. The first-order chi connectivity index (χ1) is 4.25. The Morgan fingerprint density at radius 1 is 1.78 bits per heavy atom. The van der Waals surface area contributed by atoms with Crippen molar-refractivity contribution in [1.29, 1.82) is 0 Å². The molecule has 50 valence electrons. The summed E-state index contributed by atoms with van der Waals surface area (Å²) in [6.45, 7) is 0.664. The number of likely N-dealkylation sites (tertiary alicyclic amines) is 1.